The number of rotatable bonds is 1. The Morgan fingerprint density at radius 1 is 0.275 bits per heavy atom. The van der Waals surface area contributed by atoms with Crippen molar-refractivity contribution < 1.29 is 18.9 Å². The highest BCUT2D eigenvalue weighted by molar-refractivity contribution is 7.05. The van der Waals surface area contributed by atoms with Crippen molar-refractivity contribution in [3.05, 3.63) is 200 Å². The van der Waals surface area contributed by atoms with Crippen molar-refractivity contribution >= 4 is 103 Å². The highest BCUT2D eigenvalue weighted by atomic mass is 16.5. The van der Waals surface area contributed by atoms with E-state index in [4.69, 9.17) is 18.9 Å². The van der Waals surface area contributed by atoms with Crippen LogP contribution in [-0.2, 0) is 0 Å². The highest BCUT2D eigenvalue weighted by Crippen LogP contribution is 2.56. The third kappa shape index (κ3) is 4.55. The lowest BCUT2D eigenvalue weighted by Crippen LogP contribution is -2.66. The maximum Gasteiger partial charge on any atom is 0.261 e. The first-order valence-electron chi connectivity index (χ1n) is 23.8. The van der Waals surface area contributed by atoms with E-state index < -0.39 is 0 Å². The summed E-state index contributed by atoms with van der Waals surface area (Å²) in [7, 11) is 0. The van der Waals surface area contributed by atoms with Crippen LogP contribution < -0.4 is 77.9 Å². The molecule has 316 valence electrons. The zero-order chi connectivity index (χ0) is 44.6. The Morgan fingerprint density at radius 2 is 0.725 bits per heavy atom. The Hall–Kier alpha value is -8.81. The number of nitrogens with zero attached hydrogens (tertiary/aromatic N) is 2. The van der Waals surface area contributed by atoms with Crippen LogP contribution >= 0.6 is 0 Å². The van der Waals surface area contributed by atoms with Gasteiger partial charge in [-0.2, -0.15) is 0 Å². The van der Waals surface area contributed by atoms with Crippen molar-refractivity contribution in [2.24, 2.45) is 0 Å². The molecule has 7 aliphatic heterocycles. The molecule has 0 bridgehead atoms. The fourth-order valence-corrected chi connectivity index (χ4v) is 13.0. The molecule has 7 heterocycles. The van der Waals surface area contributed by atoms with E-state index >= 15 is 0 Å². The minimum absolute atomic E-state index is 0.118. The summed E-state index contributed by atoms with van der Waals surface area (Å²) in [6, 6.07) is 71.8. The number of ether oxygens (including phenoxy) is 4. The molecule has 0 amide bonds. The van der Waals surface area contributed by atoms with Gasteiger partial charge >= 0.3 is 0 Å². The van der Waals surface area contributed by atoms with Crippen LogP contribution in [0.15, 0.2) is 200 Å². The summed E-state index contributed by atoms with van der Waals surface area (Å²) in [5.41, 5.74) is 20.9. The van der Waals surface area contributed by atoms with Crippen molar-refractivity contribution in [2.45, 2.75) is 0 Å². The molecule has 17 rings (SSSR count). The first-order valence-corrected chi connectivity index (χ1v) is 23.8. The Bertz CT molecular complexity index is 3970. The average Bonchev–Trinajstić information content (AvgIpc) is 3.53. The molecule has 6 nitrogen and oxygen atoms in total. The van der Waals surface area contributed by atoms with E-state index in [1.165, 1.54) is 16.6 Å². The lowest BCUT2D eigenvalue weighted by molar-refractivity contribution is 0.466. The van der Waals surface area contributed by atoms with Gasteiger partial charge < -0.3 is 28.7 Å². The lowest BCUT2D eigenvalue weighted by atomic mass is 9.28. The van der Waals surface area contributed by atoms with E-state index in [0.717, 1.165) is 135 Å². The molecule has 0 saturated carbocycles. The first kappa shape index (κ1) is 36.3. The minimum Gasteiger partial charge on any atom is -0.459 e. The number of hydrogen-bond donors (Lipinski definition) is 0. The van der Waals surface area contributed by atoms with E-state index in [2.05, 4.69) is 210 Å². The number of benzene rings is 10. The second-order valence-electron chi connectivity index (χ2n) is 18.9. The van der Waals surface area contributed by atoms with Crippen LogP contribution in [0.1, 0.15) is 0 Å². The molecule has 0 aliphatic carbocycles. The first-order chi connectivity index (χ1) is 34.3. The third-order valence-corrected chi connectivity index (χ3v) is 15.6. The molecule has 0 unspecified atom stereocenters. The fourth-order valence-electron chi connectivity index (χ4n) is 13.0. The summed E-state index contributed by atoms with van der Waals surface area (Å²) >= 11 is 0. The van der Waals surface area contributed by atoms with Crippen LogP contribution in [0.5, 0.6) is 46.0 Å². The SMILES string of the molecule is c1ccc(N2c3cc4c5c(c3B3c6c(cc7c8c6Oc6ccccc6B8c6ccccc6O7)N6c7ccccc7-c7ccccc7-c7ccc2c3c76)Oc2ccccc2B5c2ccccc2O4)cc1. The molecule has 0 aromatic heterocycles. The summed E-state index contributed by atoms with van der Waals surface area (Å²) < 4.78 is 29.3. The number of fused-ring (bicyclic) bond motifs is 20. The molecule has 9 heteroatoms. The minimum atomic E-state index is -0.375. The standard InChI is InChI=1S/C60H33B3N2O4/c1-2-16-34(17-3-1)64-44-31-30-38-36-19-5-4-18-35(36)37-20-6-11-25-43(37)65-46-33-52-57-60(69-50-29-15-10-24-42(50)62(57)40-22-8-13-27-48(40)67-52)55(46)63(53(44)58(38)65)54-45(64)32-51-56-59(54)68-49-28-14-9-23-41(49)61(56)39-21-7-12-26-47(39)66-51/h1-33H. The van der Waals surface area contributed by atoms with Gasteiger partial charge in [0.25, 0.3) is 20.1 Å². The van der Waals surface area contributed by atoms with Crippen LogP contribution in [0.4, 0.5) is 34.1 Å². The second-order valence-corrected chi connectivity index (χ2v) is 18.9. The topological polar surface area (TPSA) is 43.4 Å². The van der Waals surface area contributed by atoms with Crippen molar-refractivity contribution in [1.82, 2.24) is 0 Å². The van der Waals surface area contributed by atoms with Crippen LogP contribution in [0.2, 0.25) is 0 Å². The molecule has 0 atom stereocenters. The van der Waals surface area contributed by atoms with Crippen LogP contribution in [0.25, 0.3) is 22.3 Å². The smallest absolute Gasteiger partial charge is 0.261 e. The van der Waals surface area contributed by atoms with Gasteiger partial charge in [-0.3, -0.25) is 0 Å². The maximum absolute atomic E-state index is 7.54. The molecule has 0 spiro atoms. The molecular formula is C60H33B3N2O4. The van der Waals surface area contributed by atoms with E-state index in [1.807, 2.05) is 0 Å². The van der Waals surface area contributed by atoms with Gasteiger partial charge in [0, 0.05) is 56.9 Å². The molecule has 7 aliphatic rings. The van der Waals surface area contributed by atoms with Crippen molar-refractivity contribution in [3.63, 3.8) is 0 Å². The van der Waals surface area contributed by atoms with Crippen molar-refractivity contribution in [2.75, 3.05) is 9.80 Å². The summed E-state index contributed by atoms with van der Waals surface area (Å²) in [5.74, 6) is 6.64. The molecule has 10 aromatic rings. The lowest BCUT2D eigenvalue weighted by Gasteiger charge is -2.47. The predicted octanol–water partition coefficient (Wildman–Crippen LogP) is 8.87. The quantitative estimate of drug-likeness (QED) is 0.154. The molecule has 0 fully saturated rings. The Labute approximate surface area is 398 Å². The van der Waals surface area contributed by atoms with E-state index in [-0.39, 0.29) is 20.1 Å². The van der Waals surface area contributed by atoms with Gasteiger partial charge in [-0.15, -0.1) is 0 Å². The highest BCUT2D eigenvalue weighted by Gasteiger charge is 2.54. The van der Waals surface area contributed by atoms with Gasteiger partial charge in [0.05, 0.1) is 11.4 Å². The zero-order valence-corrected chi connectivity index (χ0v) is 36.8. The van der Waals surface area contributed by atoms with Crippen LogP contribution in [-0.4, -0.2) is 20.1 Å². The number of hydrogen-bond acceptors (Lipinski definition) is 6. The van der Waals surface area contributed by atoms with Gasteiger partial charge in [-0.25, -0.2) is 0 Å². The van der Waals surface area contributed by atoms with E-state index in [0.29, 0.717) is 0 Å². The monoisotopic (exact) mass is 878 g/mol. The predicted molar refractivity (Wildman–Crippen MR) is 280 cm³/mol. The maximum atomic E-state index is 7.54. The van der Waals surface area contributed by atoms with Crippen LogP contribution in [0, 0.1) is 0 Å². The van der Waals surface area contributed by atoms with Gasteiger partial charge in [0.1, 0.15) is 46.0 Å². The Kier molecular flexibility index (Phi) is 6.84. The molecule has 0 radical (unpaired) electrons. The summed E-state index contributed by atoms with van der Waals surface area (Å²) in [4.78, 5) is 4.96. The molecule has 0 N–H and O–H groups in total. The summed E-state index contributed by atoms with van der Waals surface area (Å²) in [6.07, 6.45) is 0. The normalized spacial score (nSPS) is 14.4. The Morgan fingerprint density at radius 3 is 1.29 bits per heavy atom. The van der Waals surface area contributed by atoms with E-state index in [9.17, 15) is 0 Å². The van der Waals surface area contributed by atoms with E-state index in [1.54, 1.807) is 0 Å². The number of anilines is 6. The molecule has 69 heavy (non-hydrogen) atoms. The summed E-state index contributed by atoms with van der Waals surface area (Å²) in [5, 5.41) is 0. The average molecular weight is 878 g/mol. The van der Waals surface area contributed by atoms with Crippen LogP contribution in [0.3, 0.4) is 0 Å². The van der Waals surface area contributed by atoms with Gasteiger partial charge in [0.2, 0.25) is 0 Å². The summed E-state index contributed by atoms with van der Waals surface area (Å²) in [6.45, 7) is -0.612. The van der Waals surface area contributed by atoms with Gasteiger partial charge in [-0.05, 0) is 97.9 Å². The zero-order valence-electron chi connectivity index (χ0n) is 36.8. The molecule has 10 aromatic carbocycles. The van der Waals surface area contributed by atoms with Gasteiger partial charge in [-0.1, -0.05) is 140 Å². The third-order valence-electron chi connectivity index (χ3n) is 15.6. The molecular weight excluding hydrogens is 845 g/mol. The number of para-hydroxylation sites is 6. The van der Waals surface area contributed by atoms with Crippen molar-refractivity contribution in [1.29, 1.82) is 0 Å². The molecule has 0 saturated heterocycles. The van der Waals surface area contributed by atoms with Gasteiger partial charge in [0.15, 0.2) is 0 Å². The second kappa shape index (κ2) is 13.0. The Balaban J connectivity index is 1.07. The fraction of sp³-hybridized carbons (Fsp3) is 0. The van der Waals surface area contributed by atoms with Crippen molar-refractivity contribution in [3.8, 4) is 68.2 Å². The largest absolute Gasteiger partial charge is 0.459 e.